The van der Waals surface area contributed by atoms with Crippen LogP contribution in [-0.4, -0.2) is 25.8 Å². The lowest BCUT2D eigenvalue weighted by molar-refractivity contribution is -0.132. The molecule has 1 aromatic rings. The van der Waals surface area contributed by atoms with Crippen LogP contribution < -0.4 is 0 Å². The largest absolute Gasteiger partial charge is 0.464 e. The summed E-state index contributed by atoms with van der Waals surface area (Å²) in [6, 6.07) is 5.47. The molecular weight excluding hydrogens is 301 g/mol. The first-order valence-electron chi connectivity index (χ1n) is 7.53. The molecule has 22 heavy (non-hydrogen) atoms. The number of rotatable bonds is 4. The van der Waals surface area contributed by atoms with Crippen molar-refractivity contribution in [1.29, 1.82) is 0 Å². The zero-order chi connectivity index (χ0) is 17.0. The molecule has 1 aromatic carbocycles. The van der Waals surface area contributed by atoms with Crippen LogP contribution in [0.3, 0.4) is 0 Å². The van der Waals surface area contributed by atoms with Crippen molar-refractivity contribution in [3.05, 3.63) is 34.9 Å². The number of carbonyl (C=O) groups excluding carboxylic acids is 1. The number of benzene rings is 1. The molecule has 1 fully saturated rings. The Morgan fingerprint density at radius 3 is 2.32 bits per heavy atom. The van der Waals surface area contributed by atoms with Crippen LogP contribution in [0.25, 0.3) is 0 Å². The first-order valence-corrected chi connectivity index (χ1v) is 8.41. The van der Waals surface area contributed by atoms with Crippen molar-refractivity contribution >= 4 is 23.8 Å². The molecule has 0 bridgehead atoms. The average molecular weight is 327 g/mol. The Balaban J connectivity index is 0.000000758. The van der Waals surface area contributed by atoms with Crippen LogP contribution in [0.15, 0.2) is 23.2 Å². The highest BCUT2D eigenvalue weighted by Gasteiger charge is 2.19. The fourth-order valence-corrected chi connectivity index (χ4v) is 2.01. The molecule has 2 rings (SSSR count). The number of hydrogen-bond donors (Lipinski definition) is 0. The van der Waals surface area contributed by atoms with Gasteiger partial charge in [0.15, 0.2) is 5.71 Å². The summed E-state index contributed by atoms with van der Waals surface area (Å²) in [5.41, 5.74) is 2.51. The van der Waals surface area contributed by atoms with Crippen LogP contribution in [0.1, 0.15) is 49.8 Å². The summed E-state index contributed by atoms with van der Waals surface area (Å²) in [5.74, 6) is -0.320. The first-order chi connectivity index (χ1) is 10.7. The zero-order valence-corrected chi connectivity index (χ0v) is 14.9. The Kier molecular flexibility index (Phi) is 11.5. The van der Waals surface area contributed by atoms with Crippen LogP contribution >= 0.6 is 12.1 Å². The molecule has 0 radical (unpaired) electrons. The zero-order valence-electron chi connectivity index (χ0n) is 14.1. The number of carbonyl (C=O) groups is 1. The van der Waals surface area contributed by atoms with Crippen molar-refractivity contribution < 1.29 is 13.4 Å². The van der Waals surface area contributed by atoms with Crippen LogP contribution in [-0.2, 0) is 15.3 Å². The summed E-state index contributed by atoms with van der Waals surface area (Å²) in [6.45, 7) is 5.86. The van der Waals surface area contributed by atoms with Gasteiger partial charge in [0.25, 0.3) is 0 Å². The summed E-state index contributed by atoms with van der Waals surface area (Å²) in [4.78, 5) is 15.5. The van der Waals surface area contributed by atoms with Gasteiger partial charge in [-0.2, -0.15) is 3.89 Å². The van der Waals surface area contributed by atoms with E-state index in [2.05, 4.69) is 9.73 Å². The Morgan fingerprint density at radius 2 is 1.91 bits per heavy atom. The van der Waals surface area contributed by atoms with Gasteiger partial charge < -0.3 is 4.74 Å². The van der Waals surface area contributed by atoms with E-state index in [1.54, 1.807) is 6.07 Å². The van der Waals surface area contributed by atoms with Gasteiger partial charge in [0.2, 0.25) is 0 Å². The third kappa shape index (κ3) is 7.07. The topological polar surface area (TPSA) is 38.7 Å². The molecule has 0 saturated heterocycles. The van der Waals surface area contributed by atoms with Crippen molar-refractivity contribution in [3.63, 3.8) is 0 Å². The van der Waals surface area contributed by atoms with Gasteiger partial charge in [0, 0.05) is 24.8 Å². The van der Waals surface area contributed by atoms with Crippen LogP contribution in [0, 0.1) is 6.92 Å². The Bertz CT molecular complexity index is 485. The molecule has 0 aromatic heterocycles. The van der Waals surface area contributed by atoms with Crippen molar-refractivity contribution in [3.8, 4) is 0 Å². The summed E-state index contributed by atoms with van der Waals surface area (Å²) in [7, 11) is 2.82. The molecule has 5 heteroatoms. The first kappa shape index (κ1) is 20.6. The van der Waals surface area contributed by atoms with Crippen molar-refractivity contribution in [2.45, 2.75) is 45.8 Å². The molecule has 0 N–H and O–H groups in total. The third-order valence-corrected chi connectivity index (χ3v) is 3.18. The third-order valence-electron chi connectivity index (χ3n) is 2.76. The highest BCUT2D eigenvalue weighted by molar-refractivity contribution is 7.93. The van der Waals surface area contributed by atoms with E-state index in [-0.39, 0.29) is 23.6 Å². The van der Waals surface area contributed by atoms with Crippen molar-refractivity contribution in [2.24, 2.45) is 4.99 Å². The molecule has 0 unspecified atom stereocenters. The monoisotopic (exact) mass is 327 g/mol. The number of ether oxygens (including phenoxy) is 1. The van der Waals surface area contributed by atoms with Gasteiger partial charge in [-0.3, -0.25) is 4.99 Å². The van der Waals surface area contributed by atoms with Crippen molar-refractivity contribution in [2.75, 3.05) is 14.2 Å². The lowest BCUT2D eigenvalue weighted by Gasteiger charge is -2.11. The van der Waals surface area contributed by atoms with E-state index < -0.39 is 5.97 Å². The lowest BCUT2D eigenvalue weighted by Crippen LogP contribution is -2.20. The Hall–Kier alpha value is -1.36. The Labute approximate surface area is 137 Å². The molecule has 0 heterocycles. The van der Waals surface area contributed by atoms with Gasteiger partial charge in [-0.1, -0.05) is 51.3 Å². The van der Waals surface area contributed by atoms with Crippen molar-refractivity contribution in [1.82, 2.24) is 0 Å². The number of aliphatic imine (C=N–C) groups is 1. The second-order valence-corrected chi connectivity index (χ2v) is 4.99. The van der Waals surface area contributed by atoms with E-state index >= 15 is 0 Å². The van der Waals surface area contributed by atoms with E-state index in [9.17, 15) is 8.68 Å². The van der Waals surface area contributed by atoms with Gasteiger partial charge in [0.1, 0.15) is 0 Å². The maximum Gasteiger partial charge on any atom is 0.356 e. The summed E-state index contributed by atoms with van der Waals surface area (Å²) < 4.78 is 17.1. The summed E-state index contributed by atoms with van der Waals surface area (Å²) >= 11 is 0.218. The highest BCUT2D eigenvalue weighted by Crippen LogP contribution is 2.21. The molecule has 0 aliphatic heterocycles. The van der Waals surface area contributed by atoms with Crippen LogP contribution in [0.4, 0.5) is 3.89 Å². The van der Waals surface area contributed by atoms with Crippen LogP contribution in [0.2, 0.25) is 0 Å². The molecule has 0 atom stereocenters. The number of aryl methyl sites for hydroxylation is 1. The maximum atomic E-state index is 12.4. The summed E-state index contributed by atoms with van der Waals surface area (Å²) in [6.07, 6.45) is 4.50. The van der Waals surface area contributed by atoms with E-state index in [0.29, 0.717) is 5.56 Å². The lowest BCUT2D eigenvalue weighted by atomic mass is 9.98. The minimum atomic E-state index is -0.507. The quantitative estimate of drug-likeness (QED) is 0.583. The molecule has 3 nitrogen and oxygen atoms in total. The minimum absolute atomic E-state index is 0.188. The van der Waals surface area contributed by atoms with Gasteiger partial charge >= 0.3 is 5.97 Å². The average Bonchev–Trinajstić information content (AvgIpc) is 3.41. The number of esters is 1. The standard InChI is InChI=1S/C12H14FNO2S.C3H6.C2H6/c1-8-5-4-6-9(7-17-13)10(8)11(14-2)12(15)16-3;1-2-3-1;1-2/h4-6H,7H2,1-3H3;1-3H2;1-2H3. The molecule has 1 saturated carbocycles. The molecule has 1 aliphatic rings. The molecule has 1 aliphatic carbocycles. The summed E-state index contributed by atoms with van der Waals surface area (Å²) in [5, 5.41) is 0. The predicted octanol–water partition coefficient (Wildman–Crippen LogP) is 4.90. The van der Waals surface area contributed by atoms with Gasteiger partial charge in [-0.25, -0.2) is 4.79 Å². The molecule has 124 valence electrons. The predicted molar refractivity (Wildman–Crippen MR) is 93.3 cm³/mol. The Morgan fingerprint density at radius 1 is 1.32 bits per heavy atom. The van der Waals surface area contributed by atoms with Crippen LogP contribution in [0.5, 0.6) is 0 Å². The SMILES string of the molecule is C1CC1.CC.CN=C(C(=O)OC)c1c(C)cccc1CSF. The smallest absolute Gasteiger partial charge is 0.356 e. The molecular formula is C17H26FNO2S. The second kappa shape index (κ2) is 12.2. The van der Waals surface area contributed by atoms with Gasteiger partial charge in [0.05, 0.1) is 12.9 Å². The van der Waals surface area contributed by atoms with E-state index in [4.69, 9.17) is 0 Å². The highest BCUT2D eigenvalue weighted by atomic mass is 32.2. The van der Waals surface area contributed by atoms with E-state index in [1.807, 2.05) is 32.9 Å². The number of halogens is 1. The van der Waals surface area contributed by atoms with E-state index in [0.717, 1.165) is 11.1 Å². The van der Waals surface area contributed by atoms with Gasteiger partial charge in [-0.15, -0.1) is 0 Å². The fourth-order valence-electron chi connectivity index (χ4n) is 1.65. The maximum absolute atomic E-state index is 12.4. The normalized spacial score (nSPS) is 12.4. The number of nitrogens with zero attached hydrogens (tertiary/aromatic N) is 1. The number of methoxy groups -OCH3 is 1. The molecule has 0 spiro atoms. The molecule has 0 amide bonds. The number of hydrogen-bond acceptors (Lipinski definition) is 4. The second-order valence-electron chi connectivity index (χ2n) is 4.49. The van der Waals surface area contributed by atoms with Gasteiger partial charge in [-0.05, 0) is 18.1 Å². The minimum Gasteiger partial charge on any atom is -0.464 e. The van der Waals surface area contributed by atoms with E-state index in [1.165, 1.54) is 33.4 Å². The fraction of sp³-hybridized carbons (Fsp3) is 0.529.